The van der Waals surface area contributed by atoms with Crippen molar-refractivity contribution in [3.63, 3.8) is 0 Å². The average Bonchev–Trinajstić information content (AvgIpc) is 3.22. The van der Waals surface area contributed by atoms with Gasteiger partial charge in [0.2, 0.25) is 5.91 Å². The van der Waals surface area contributed by atoms with Crippen LogP contribution in [-0.2, 0) is 11.2 Å². The smallest absolute Gasteiger partial charge is 0.270 e. The Morgan fingerprint density at radius 2 is 2.06 bits per heavy atom. The topological polar surface area (TPSA) is 164 Å². The molecule has 1 unspecified atom stereocenters. The molecule has 0 aliphatic carbocycles. The summed E-state index contributed by atoms with van der Waals surface area (Å²) in [5.74, 6) is 0.0805. The van der Waals surface area contributed by atoms with Gasteiger partial charge < -0.3 is 21.7 Å². The summed E-state index contributed by atoms with van der Waals surface area (Å²) in [7, 11) is 0. The normalized spacial score (nSPS) is 15.0. The van der Waals surface area contributed by atoms with Crippen molar-refractivity contribution in [2.24, 2.45) is 10.7 Å². The number of hydrogen-bond acceptors (Lipinski definition) is 8. The number of thiazole rings is 1. The molecule has 0 fully saturated rings. The van der Waals surface area contributed by atoms with Crippen LogP contribution in [0.15, 0.2) is 29.4 Å². The van der Waals surface area contributed by atoms with E-state index in [0.29, 0.717) is 39.3 Å². The van der Waals surface area contributed by atoms with Crippen LogP contribution in [0.25, 0.3) is 0 Å². The molecule has 5 N–H and O–H groups in total. The summed E-state index contributed by atoms with van der Waals surface area (Å²) in [5, 5.41) is 8.68. The van der Waals surface area contributed by atoms with Gasteiger partial charge in [0.1, 0.15) is 33.5 Å². The number of aliphatic imine (C=N–C) groups is 1. The Morgan fingerprint density at radius 3 is 2.77 bits per heavy atom. The maximum Gasteiger partial charge on any atom is 0.270 e. The first kappa shape index (κ1) is 22.0. The van der Waals surface area contributed by atoms with Gasteiger partial charge in [-0.1, -0.05) is 0 Å². The lowest BCUT2D eigenvalue weighted by Crippen LogP contribution is -2.30. The molecule has 0 bridgehead atoms. The molecule has 12 heteroatoms. The summed E-state index contributed by atoms with van der Waals surface area (Å²) in [6, 6.07) is -0.464. The second-order valence-electron chi connectivity index (χ2n) is 6.74. The van der Waals surface area contributed by atoms with E-state index in [-0.39, 0.29) is 23.9 Å². The summed E-state index contributed by atoms with van der Waals surface area (Å²) >= 11 is 1.15. The van der Waals surface area contributed by atoms with Crippen LogP contribution in [0.1, 0.15) is 64.0 Å². The van der Waals surface area contributed by atoms with Crippen molar-refractivity contribution in [3.05, 3.63) is 45.6 Å². The van der Waals surface area contributed by atoms with Crippen LogP contribution in [0, 0.1) is 0 Å². The molecule has 162 valence electrons. The number of allylic oxidation sites excluding steroid dienone is 1. The predicted octanol–water partition coefficient (Wildman–Crippen LogP) is 1.28. The van der Waals surface area contributed by atoms with Gasteiger partial charge in [0.05, 0.1) is 18.1 Å². The van der Waals surface area contributed by atoms with Crippen LogP contribution in [0.3, 0.4) is 0 Å². The number of fused-ring (bicyclic) bond motifs is 1. The summed E-state index contributed by atoms with van der Waals surface area (Å²) in [6.07, 6.45) is 4.96. The molecule has 0 saturated heterocycles. The van der Waals surface area contributed by atoms with Crippen LogP contribution >= 0.6 is 11.3 Å². The van der Waals surface area contributed by atoms with Crippen LogP contribution in [0.4, 0.5) is 5.82 Å². The van der Waals surface area contributed by atoms with Gasteiger partial charge in [0, 0.05) is 12.0 Å². The van der Waals surface area contributed by atoms with Crippen molar-refractivity contribution in [2.45, 2.75) is 39.7 Å². The number of nitrogens with one attached hydrogen (secondary N) is 3. The fraction of sp³-hybridized carbons (Fsp3) is 0.316. The lowest BCUT2D eigenvalue weighted by Gasteiger charge is -2.18. The molecular weight excluding hydrogens is 420 g/mol. The van der Waals surface area contributed by atoms with E-state index >= 15 is 0 Å². The third-order valence-corrected chi connectivity index (χ3v) is 5.48. The molecule has 0 aromatic carbocycles. The van der Waals surface area contributed by atoms with Crippen LogP contribution in [-0.4, -0.2) is 38.5 Å². The van der Waals surface area contributed by atoms with E-state index in [1.807, 2.05) is 0 Å². The van der Waals surface area contributed by atoms with Gasteiger partial charge in [-0.05, 0) is 33.3 Å². The zero-order valence-electron chi connectivity index (χ0n) is 17.2. The van der Waals surface area contributed by atoms with Crippen molar-refractivity contribution in [2.75, 3.05) is 5.32 Å². The molecule has 3 rings (SSSR count). The fourth-order valence-electron chi connectivity index (χ4n) is 2.84. The zero-order chi connectivity index (χ0) is 22.5. The number of hydrogen-bond donors (Lipinski definition) is 4. The summed E-state index contributed by atoms with van der Waals surface area (Å²) in [4.78, 5) is 53.5. The van der Waals surface area contributed by atoms with Gasteiger partial charge in [-0.15, -0.1) is 11.3 Å². The van der Waals surface area contributed by atoms with E-state index in [1.54, 1.807) is 26.8 Å². The summed E-state index contributed by atoms with van der Waals surface area (Å²) < 4.78 is 0. The maximum atomic E-state index is 12.8. The van der Waals surface area contributed by atoms with Gasteiger partial charge in [-0.25, -0.2) is 19.9 Å². The molecular formula is C19H22N8O3S. The minimum Gasteiger partial charge on any atom is -0.387 e. The molecule has 31 heavy (non-hydrogen) atoms. The summed E-state index contributed by atoms with van der Waals surface area (Å²) in [6.45, 7) is 5.11. The Balaban J connectivity index is 1.69. The average molecular weight is 443 g/mol. The quantitative estimate of drug-likeness (QED) is 0.386. The van der Waals surface area contributed by atoms with Gasteiger partial charge >= 0.3 is 0 Å². The van der Waals surface area contributed by atoms with Crippen LogP contribution < -0.4 is 21.7 Å². The number of amidine groups is 1. The van der Waals surface area contributed by atoms with Crippen molar-refractivity contribution < 1.29 is 14.4 Å². The van der Waals surface area contributed by atoms with Gasteiger partial charge in [-0.3, -0.25) is 14.4 Å². The van der Waals surface area contributed by atoms with Gasteiger partial charge in [0.15, 0.2) is 0 Å². The van der Waals surface area contributed by atoms with E-state index in [2.05, 4.69) is 35.9 Å². The first-order valence-electron chi connectivity index (χ1n) is 9.47. The predicted molar refractivity (Wildman–Crippen MR) is 115 cm³/mol. The lowest BCUT2D eigenvalue weighted by atomic mass is 10.0. The number of rotatable bonds is 6. The Labute approximate surface area is 182 Å². The molecule has 2 aromatic heterocycles. The van der Waals surface area contributed by atoms with E-state index in [4.69, 9.17) is 5.73 Å². The minimum absolute atomic E-state index is 0.145. The Morgan fingerprint density at radius 1 is 1.29 bits per heavy atom. The molecule has 0 saturated carbocycles. The van der Waals surface area contributed by atoms with Crippen LogP contribution in [0.5, 0.6) is 0 Å². The van der Waals surface area contributed by atoms with Crippen LogP contribution in [0.2, 0.25) is 0 Å². The molecule has 0 radical (unpaired) electrons. The second kappa shape index (κ2) is 9.43. The molecule has 0 spiro atoms. The third kappa shape index (κ3) is 5.28. The van der Waals surface area contributed by atoms with Crippen molar-refractivity contribution in [1.82, 2.24) is 25.6 Å². The maximum absolute atomic E-state index is 12.8. The first-order chi connectivity index (χ1) is 14.8. The summed E-state index contributed by atoms with van der Waals surface area (Å²) in [5.41, 5.74) is 6.35. The van der Waals surface area contributed by atoms with Crippen molar-refractivity contribution >= 4 is 40.7 Å². The van der Waals surface area contributed by atoms with E-state index in [1.165, 1.54) is 12.5 Å². The van der Waals surface area contributed by atoms with Gasteiger partial charge in [-0.2, -0.15) is 0 Å². The number of anilines is 1. The van der Waals surface area contributed by atoms with E-state index in [9.17, 15) is 14.4 Å². The van der Waals surface area contributed by atoms with Crippen molar-refractivity contribution in [1.29, 1.82) is 0 Å². The Kier molecular flexibility index (Phi) is 6.70. The molecule has 1 atom stereocenters. The molecule has 3 amide bonds. The first-order valence-corrected chi connectivity index (χ1v) is 10.3. The Hall–Kier alpha value is -3.67. The lowest BCUT2D eigenvalue weighted by molar-refractivity contribution is -0.116. The van der Waals surface area contributed by atoms with Gasteiger partial charge in [0.25, 0.3) is 11.8 Å². The fourth-order valence-corrected chi connectivity index (χ4v) is 3.65. The largest absolute Gasteiger partial charge is 0.387 e. The SMILES string of the molecule is C/C=C(\N=C(\C)N)NC(=O)c1cnc(C(C)NC(=O)c2ncnc3c2CCC(=O)N3)s1. The van der Waals surface area contributed by atoms with E-state index < -0.39 is 11.9 Å². The molecule has 3 heterocycles. The minimum atomic E-state index is -0.464. The zero-order valence-corrected chi connectivity index (χ0v) is 18.0. The Bertz CT molecular complexity index is 1090. The van der Waals surface area contributed by atoms with Crippen molar-refractivity contribution in [3.8, 4) is 0 Å². The highest BCUT2D eigenvalue weighted by atomic mass is 32.1. The highest BCUT2D eigenvalue weighted by Crippen LogP contribution is 2.24. The molecule has 2 aromatic rings. The highest BCUT2D eigenvalue weighted by molar-refractivity contribution is 7.13. The highest BCUT2D eigenvalue weighted by Gasteiger charge is 2.25. The second-order valence-corrected chi connectivity index (χ2v) is 7.80. The molecule has 11 nitrogen and oxygen atoms in total. The molecule has 1 aliphatic rings. The number of carbonyl (C=O) groups is 3. The number of nitrogens with two attached hydrogens (primary N) is 1. The number of amides is 3. The number of carbonyl (C=O) groups excluding carboxylic acids is 3. The monoisotopic (exact) mass is 442 g/mol. The number of aromatic nitrogens is 3. The molecule has 1 aliphatic heterocycles. The van der Waals surface area contributed by atoms with E-state index in [0.717, 1.165) is 11.3 Å². The standard InChI is InChI=1S/C19H22N8O3S/c1-4-13(25-10(3)20)26-17(29)12-7-21-19(31-12)9(2)24-18(30)15-11-5-6-14(28)27-16(11)23-8-22-15/h4,7-9H,5-6H2,1-3H3,(H2,20,25)(H,24,30)(H,26,29)(H,22,23,27,28)/b13-4+. The number of nitrogens with zero attached hydrogens (tertiary/aromatic N) is 4. The third-order valence-electron chi connectivity index (χ3n) is 4.30.